The number of aromatic nitrogens is 1. The Labute approximate surface area is 214 Å². The van der Waals surface area contributed by atoms with Gasteiger partial charge in [0.15, 0.2) is 5.88 Å². The zero-order valence-electron chi connectivity index (χ0n) is 18.7. The van der Waals surface area contributed by atoms with E-state index in [2.05, 4.69) is 13.1 Å². The Morgan fingerprint density at radius 2 is 1.72 bits per heavy atom. The molecule has 1 aromatic rings. The van der Waals surface area contributed by atoms with Gasteiger partial charge < -0.3 is 44.9 Å². The third-order valence-corrected chi connectivity index (χ3v) is 8.30. The normalized spacial score (nSPS) is 25.4. The molecule has 3 unspecified atom stereocenters. The molecule has 2 heterocycles. The van der Waals surface area contributed by atoms with Crippen molar-refractivity contribution >= 4 is 35.5 Å². The number of hydrogen-bond acceptors (Lipinski definition) is 12. The Hall–Kier alpha value is -1.96. The molecule has 1 saturated heterocycles. The molecular formula is C15H20F3N2O16P3. The number of pyridine rings is 1. The average Bonchev–Trinajstić information content (AvgIpc) is 3.01. The van der Waals surface area contributed by atoms with Gasteiger partial charge in [-0.05, 0) is 6.07 Å². The molecule has 6 atom stereocenters. The largest absolute Gasteiger partial charge is 0.494 e. The number of halogens is 3. The number of alkyl halides is 3. The summed E-state index contributed by atoms with van der Waals surface area (Å²) in [5, 5.41) is 32.1. The average molecular weight is 634 g/mol. The molecule has 2 rings (SSSR count). The molecule has 0 radical (unpaired) electrons. The Balaban J connectivity index is 2.13. The number of H-pyrrole nitrogens is 1. The Morgan fingerprint density at radius 3 is 2.28 bits per heavy atom. The number of phosphoric ester groups is 1. The van der Waals surface area contributed by atoms with Crippen LogP contribution in [0.4, 0.5) is 13.2 Å². The summed E-state index contributed by atoms with van der Waals surface area (Å²) >= 11 is 0. The zero-order valence-corrected chi connectivity index (χ0v) is 21.4. The Bertz CT molecular complexity index is 1300. The molecule has 0 aliphatic carbocycles. The van der Waals surface area contributed by atoms with Crippen LogP contribution in [0.5, 0.6) is 5.88 Å². The highest BCUT2D eigenvalue weighted by Gasteiger charge is 2.47. The van der Waals surface area contributed by atoms with Crippen LogP contribution in [0.3, 0.4) is 0 Å². The number of aromatic hydroxyl groups is 1. The third-order valence-electron chi connectivity index (χ3n) is 4.50. The SMILES string of the molecule is O=C(NC/C=C/c1cc([C@@H]2O[C@H](COP(=O)(O)OP(=O)(O)OP(=O)(O)O)[C@H](O)C2O)c(O)[nH]c1=O)C(F)(F)F. The maximum atomic E-state index is 12.2. The van der Waals surface area contributed by atoms with Crippen molar-refractivity contribution in [3.05, 3.63) is 33.6 Å². The fraction of sp³-hybridized carbons (Fsp3) is 0.467. The van der Waals surface area contributed by atoms with Gasteiger partial charge in [-0.2, -0.15) is 21.8 Å². The van der Waals surface area contributed by atoms with Crippen molar-refractivity contribution in [2.45, 2.75) is 30.6 Å². The molecular weight excluding hydrogens is 614 g/mol. The summed E-state index contributed by atoms with van der Waals surface area (Å²) in [6, 6.07) is 0.904. The summed E-state index contributed by atoms with van der Waals surface area (Å²) in [5.74, 6) is -3.13. The number of ether oxygens (including phenoxy) is 1. The van der Waals surface area contributed by atoms with Gasteiger partial charge in [-0.15, -0.1) is 0 Å². The van der Waals surface area contributed by atoms with Crippen LogP contribution in [0.15, 0.2) is 16.9 Å². The van der Waals surface area contributed by atoms with Crippen molar-refractivity contribution in [3.63, 3.8) is 0 Å². The van der Waals surface area contributed by atoms with Crippen molar-refractivity contribution < 1.29 is 84.4 Å². The molecule has 39 heavy (non-hydrogen) atoms. The number of phosphoric acid groups is 3. The first-order valence-electron chi connectivity index (χ1n) is 9.89. The van der Waals surface area contributed by atoms with Gasteiger partial charge in [0.2, 0.25) is 0 Å². The van der Waals surface area contributed by atoms with E-state index < -0.39 is 84.6 Å². The van der Waals surface area contributed by atoms with E-state index in [9.17, 15) is 56.7 Å². The van der Waals surface area contributed by atoms with E-state index in [1.54, 1.807) is 0 Å². The molecule has 0 saturated carbocycles. The summed E-state index contributed by atoms with van der Waals surface area (Å²) in [6.07, 6.45) is -10.5. The van der Waals surface area contributed by atoms with E-state index in [0.717, 1.165) is 18.2 Å². The molecule has 18 nitrogen and oxygen atoms in total. The van der Waals surface area contributed by atoms with Crippen molar-refractivity contribution in [3.8, 4) is 5.88 Å². The number of hydrogen-bond donors (Lipinski definition) is 9. The monoisotopic (exact) mass is 634 g/mol. The molecule has 1 amide bonds. The lowest BCUT2D eigenvalue weighted by Gasteiger charge is -2.19. The minimum atomic E-state index is -5.83. The first-order chi connectivity index (χ1) is 17.6. The summed E-state index contributed by atoms with van der Waals surface area (Å²) in [5.41, 5.74) is -1.67. The number of aliphatic hydroxyl groups excluding tert-OH is 2. The van der Waals surface area contributed by atoms with E-state index in [0.29, 0.717) is 0 Å². The lowest BCUT2D eigenvalue weighted by molar-refractivity contribution is -0.173. The van der Waals surface area contributed by atoms with Gasteiger partial charge in [0.1, 0.15) is 24.4 Å². The van der Waals surface area contributed by atoms with E-state index in [1.165, 1.54) is 5.32 Å². The number of nitrogens with one attached hydrogen (secondary N) is 2. The summed E-state index contributed by atoms with van der Waals surface area (Å²) in [7, 11) is -17.1. The van der Waals surface area contributed by atoms with Crippen LogP contribution < -0.4 is 10.9 Å². The van der Waals surface area contributed by atoms with Crippen LogP contribution in [0, 0.1) is 0 Å². The van der Waals surface area contributed by atoms with Crippen molar-refractivity contribution in [2.24, 2.45) is 0 Å². The highest BCUT2D eigenvalue weighted by Crippen LogP contribution is 2.66. The van der Waals surface area contributed by atoms with Gasteiger partial charge in [0.05, 0.1) is 6.61 Å². The molecule has 9 N–H and O–H groups in total. The summed E-state index contributed by atoms with van der Waals surface area (Å²) < 4.78 is 87.1. The lowest BCUT2D eigenvalue weighted by Crippen LogP contribution is -2.36. The molecule has 0 aromatic carbocycles. The number of amides is 1. The van der Waals surface area contributed by atoms with Crippen LogP contribution in [0.25, 0.3) is 6.08 Å². The number of aromatic amines is 1. The number of aliphatic hydroxyl groups is 2. The molecule has 222 valence electrons. The molecule has 1 fully saturated rings. The second kappa shape index (κ2) is 12.3. The molecule has 1 aliphatic rings. The quantitative estimate of drug-likeness (QED) is 0.136. The van der Waals surface area contributed by atoms with Crippen molar-refractivity contribution in [1.29, 1.82) is 0 Å². The first-order valence-corrected chi connectivity index (χ1v) is 14.4. The minimum absolute atomic E-state index is 0.314. The standard InChI is InChI=1S/C15H20F3N2O16P3/c16-15(17,18)14(25)19-3-1-2-6-4-7(13(24)20-12(6)23)11-10(22)9(21)8(34-11)5-33-38(29,30)36-39(31,32)35-37(26,27)28/h1-2,4,8-11,21-22H,3,5H2,(H,19,25)(H,29,30)(H,31,32)(H2,20,23,24)(H2,26,27,28)/b2-1+/t8-,9+,10?,11+/m1/s1. The van der Waals surface area contributed by atoms with E-state index in [-0.39, 0.29) is 11.1 Å². The Morgan fingerprint density at radius 1 is 1.10 bits per heavy atom. The maximum Gasteiger partial charge on any atom is 0.490 e. The fourth-order valence-corrected chi connectivity index (χ4v) is 5.98. The number of carbonyl (C=O) groups is 1. The van der Waals surface area contributed by atoms with Crippen molar-refractivity contribution in [1.82, 2.24) is 10.3 Å². The van der Waals surface area contributed by atoms with Crippen LogP contribution in [-0.2, 0) is 36.4 Å². The molecule has 0 spiro atoms. The molecule has 1 aromatic heterocycles. The first kappa shape index (κ1) is 33.2. The van der Waals surface area contributed by atoms with Gasteiger partial charge in [-0.3, -0.25) is 19.1 Å². The van der Waals surface area contributed by atoms with Gasteiger partial charge in [0.25, 0.3) is 5.56 Å². The van der Waals surface area contributed by atoms with Gasteiger partial charge in [-0.25, -0.2) is 13.7 Å². The zero-order chi connectivity index (χ0) is 30.0. The number of carbonyl (C=O) groups excluding carboxylic acids is 1. The molecule has 24 heteroatoms. The summed E-state index contributed by atoms with van der Waals surface area (Å²) in [4.78, 5) is 60.4. The highest BCUT2D eigenvalue weighted by atomic mass is 31.3. The lowest BCUT2D eigenvalue weighted by atomic mass is 10.0. The van der Waals surface area contributed by atoms with Crippen LogP contribution in [0.1, 0.15) is 17.2 Å². The maximum absolute atomic E-state index is 12.2. The highest BCUT2D eigenvalue weighted by molar-refractivity contribution is 7.66. The predicted octanol–water partition coefficient (Wildman–Crippen LogP) is -0.723. The summed E-state index contributed by atoms with van der Waals surface area (Å²) in [6.45, 7) is -1.81. The van der Waals surface area contributed by atoms with Gasteiger partial charge in [0, 0.05) is 17.7 Å². The molecule has 1 aliphatic heterocycles. The third kappa shape index (κ3) is 9.87. The fourth-order valence-electron chi connectivity index (χ4n) is 2.95. The van der Waals surface area contributed by atoms with Gasteiger partial charge in [-0.1, -0.05) is 12.2 Å². The Kier molecular flexibility index (Phi) is 10.5. The van der Waals surface area contributed by atoms with Crippen LogP contribution in [0.2, 0.25) is 0 Å². The van der Waals surface area contributed by atoms with E-state index >= 15 is 0 Å². The predicted molar refractivity (Wildman–Crippen MR) is 116 cm³/mol. The van der Waals surface area contributed by atoms with Crippen LogP contribution in [-0.4, -0.2) is 83.4 Å². The number of rotatable bonds is 11. The van der Waals surface area contributed by atoms with Crippen molar-refractivity contribution in [2.75, 3.05) is 13.2 Å². The van der Waals surface area contributed by atoms with Crippen LogP contribution >= 0.6 is 23.5 Å². The smallest absolute Gasteiger partial charge is 0.490 e. The topological polar surface area (TPSA) is 292 Å². The second-order valence-electron chi connectivity index (χ2n) is 7.43. The van der Waals surface area contributed by atoms with E-state index in [4.69, 9.17) is 19.4 Å². The molecule has 0 bridgehead atoms. The minimum Gasteiger partial charge on any atom is -0.494 e. The second-order valence-corrected chi connectivity index (χ2v) is 11.9. The van der Waals surface area contributed by atoms with E-state index in [1.807, 2.05) is 4.98 Å². The van der Waals surface area contributed by atoms with Gasteiger partial charge >= 0.3 is 35.6 Å².